The van der Waals surface area contributed by atoms with E-state index in [1.54, 1.807) is 13.3 Å². The maximum absolute atomic E-state index is 5.99. The van der Waals surface area contributed by atoms with E-state index < -0.39 is 0 Å². The molecule has 0 radical (unpaired) electrons. The average molecular weight is 293 g/mol. The maximum atomic E-state index is 5.99. The molecule has 6 heteroatoms. The van der Waals surface area contributed by atoms with Crippen LogP contribution in [0.3, 0.4) is 0 Å². The first kappa shape index (κ1) is 14.4. The molecule has 1 aromatic carbocycles. The molecular formula is C14H17ClN4O. The van der Waals surface area contributed by atoms with Gasteiger partial charge >= 0.3 is 0 Å². The smallest absolute Gasteiger partial charge is 0.194 e. The number of aromatic nitrogens is 1. The summed E-state index contributed by atoms with van der Waals surface area (Å²) in [5.41, 5.74) is 1.96. The Balaban J connectivity index is 1.93. The minimum absolute atomic E-state index is 0.572. The Morgan fingerprint density at radius 2 is 2.30 bits per heavy atom. The van der Waals surface area contributed by atoms with Gasteiger partial charge in [0.15, 0.2) is 5.96 Å². The monoisotopic (exact) mass is 292 g/mol. The molecule has 20 heavy (non-hydrogen) atoms. The summed E-state index contributed by atoms with van der Waals surface area (Å²) in [6.45, 7) is 1.29. The van der Waals surface area contributed by atoms with Crippen molar-refractivity contribution < 1.29 is 4.52 Å². The van der Waals surface area contributed by atoms with E-state index >= 15 is 0 Å². The number of hydrogen-bond donors (Lipinski definition) is 1. The summed E-state index contributed by atoms with van der Waals surface area (Å²) < 4.78 is 4.79. The summed E-state index contributed by atoms with van der Waals surface area (Å²) >= 11 is 5.99. The first-order chi connectivity index (χ1) is 9.69. The fourth-order valence-electron chi connectivity index (χ4n) is 1.87. The lowest BCUT2D eigenvalue weighted by Crippen LogP contribution is -2.38. The molecule has 5 nitrogen and oxygen atoms in total. The lowest BCUT2D eigenvalue weighted by atomic mass is 10.2. The number of benzene rings is 1. The largest absolute Gasteiger partial charge is 0.364 e. The van der Waals surface area contributed by atoms with E-state index in [0.29, 0.717) is 6.54 Å². The highest BCUT2D eigenvalue weighted by Gasteiger charge is 2.07. The van der Waals surface area contributed by atoms with Gasteiger partial charge in [0.2, 0.25) is 0 Å². The molecule has 0 bridgehead atoms. The van der Waals surface area contributed by atoms with Crippen molar-refractivity contribution >= 4 is 17.6 Å². The minimum Gasteiger partial charge on any atom is -0.364 e. The van der Waals surface area contributed by atoms with E-state index in [-0.39, 0.29) is 0 Å². The van der Waals surface area contributed by atoms with Crippen LogP contribution in [-0.2, 0) is 13.1 Å². The van der Waals surface area contributed by atoms with E-state index in [1.165, 1.54) is 0 Å². The molecule has 0 unspecified atom stereocenters. The maximum Gasteiger partial charge on any atom is 0.194 e. The zero-order chi connectivity index (χ0) is 14.4. The molecule has 0 amide bonds. The molecule has 2 rings (SSSR count). The number of hydrogen-bond acceptors (Lipinski definition) is 3. The van der Waals surface area contributed by atoms with Gasteiger partial charge in [-0.3, -0.25) is 4.99 Å². The van der Waals surface area contributed by atoms with Crippen LogP contribution in [-0.4, -0.2) is 30.1 Å². The number of guanidine groups is 1. The Morgan fingerprint density at radius 3 is 2.95 bits per heavy atom. The quantitative estimate of drug-likeness (QED) is 0.695. The Bertz CT molecular complexity index is 568. The molecule has 0 spiro atoms. The van der Waals surface area contributed by atoms with Crippen molar-refractivity contribution in [1.29, 1.82) is 0 Å². The van der Waals surface area contributed by atoms with Crippen LogP contribution in [0.4, 0.5) is 0 Å². The number of rotatable bonds is 4. The van der Waals surface area contributed by atoms with E-state index in [4.69, 9.17) is 16.1 Å². The molecular weight excluding hydrogens is 276 g/mol. The fourth-order valence-corrected chi connectivity index (χ4v) is 2.08. The van der Waals surface area contributed by atoms with Gasteiger partial charge < -0.3 is 14.7 Å². The molecule has 1 N–H and O–H groups in total. The van der Waals surface area contributed by atoms with Gasteiger partial charge in [-0.05, 0) is 17.7 Å². The van der Waals surface area contributed by atoms with Crippen LogP contribution in [0, 0.1) is 0 Å². The zero-order valence-corrected chi connectivity index (χ0v) is 12.3. The van der Waals surface area contributed by atoms with Crippen LogP contribution in [0.1, 0.15) is 11.3 Å². The summed E-state index contributed by atoms with van der Waals surface area (Å²) in [4.78, 5) is 6.27. The normalized spacial score (nSPS) is 11.4. The van der Waals surface area contributed by atoms with E-state index in [2.05, 4.69) is 15.5 Å². The van der Waals surface area contributed by atoms with E-state index in [1.807, 2.05) is 42.3 Å². The van der Waals surface area contributed by atoms with Crippen LogP contribution < -0.4 is 5.32 Å². The number of aliphatic imine (C=N–C) groups is 1. The molecule has 0 saturated heterocycles. The van der Waals surface area contributed by atoms with Gasteiger partial charge in [0.1, 0.15) is 12.0 Å². The van der Waals surface area contributed by atoms with Crippen molar-refractivity contribution in [2.24, 2.45) is 4.99 Å². The molecule has 106 valence electrons. The average Bonchev–Trinajstić information content (AvgIpc) is 2.92. The second kappa shape index (κ2) is 6.96. The molecule has 1 heterocycles. The highest BCUT2D eigenvalue weighted by Crippen LogP contribution is 2.12. The molecule has 0 saturated carbocycles. The van der Waals surface area contributed by atoms with Crippen molar-refractivity contribution in [3.8, 4) is 0 Å². The van der Waals surface area contributed by atoms with Gasteiger partial charge in [-0.25, -0.2) is 0 Å². The molecule has 1 aromatic heterocycles. The van der Waals surface area contributed by atoms with Crippen LogP contribution in [0.2, 0.25) is 5.02 Å². The van der Waals surface area contributed by atoms with Crippen LogP contribution >= 0.6 is 11.6 Å². The van der Waals surface area contributed by atoms with Gasteiger partial charge in [0, 0.05) is 31.7 Å². The van der Waals surface area contributed by atoms with E-state index in [9.17, 15) is 0 Å². The van der Waals surface area contributed by atoms with Gasteiger partial charge in [0.05, 0.1) is 6.54 Å². The SMILES string of the molecule is CN=C(NCc1ccon1)N(C)Cc1cccc(Cl)c1. The van der Waals surface area contributed by atoms with Gasteiger partial charge in [-0.15, -0.1) is 0 Å². The summed E-state index contributed by atoms with van der Waals surface area (Å²) in [6, 6.07) is 9.60. The lowest BCUT2D eigenvalue weighted by molar-refractivity contribution is 0.409. The predicted molar refractivity (Wildman–Crippen MR) is 79.6 cm³/mol. The van der Waals surface area contributed by atoms with Crippen LogP contribution in [0.25, 0.3) is 0 Å². The number of nitrogens with one attached hydrogen (secondary N) is 1. The Labute approximate surface area is 123 Å². The van der Waals surface area contributed by atoms with Gasteiger partial charge in [0.25, 0.3) is 0 Å². The standard InChI is InChI=1S/C14H17ClN4O/c1-16-14(17-9-13-6-7-20-18-13)19(2)10-11-4-3-5-12(15)8-11/h3-8H,9-10H2,1-2H3,(H,16,17). The highest BCUT2D eigenvalue weighted by atomic mass is 35.5. The van der Waals surface area contributed by atoms with Crippen LogP contribution in [0.15, 0.2) is 46.1 Å². The molecule has 0 aliphatic heterocycles. The predicted octanol–water partition coefficient (Wildman–Crippen LogP) is 2.54. The van der Waals surface area contributed by atoms with E-state index in [0.717, 1.165) is 28.8 Å². The van der Waals surface area contributed by atoms with Crippen molar-refractivity contribution in [3.63, 3.8) is 0 Å². The fraction of sp³-hybridized carbons (Fsp3) is 0.286. The molecule has 2 aromatic rings. The second-order valence-corrected chi connectivity index (χ2v) is 4.81. The molecule has 0 fully saturated rings. The first-order valence-electron chi connectivity index (χ1n) is 6.24. The Hall–Kier alpha value is -2.01. The Morgan fingerprint density at radius 1 is 1.45 bits per heavy atom. The topological polar surface area (TPSA) is 53.7 Å². The lowest BCUT2D eigenvalue weighted by Gasteiger charge is -2.21. The first-order valence-corrected chi connectivity index (χ1v) is 6.62. The summed E-state index contributed by atoms with van der Waals surface area (Å²) in [6.07, 6.45) is 1.55. The second-order valence-electron chi connectivity index (χ2n) is 4.38. The third-order valence-electron chi connectivity index (χ3n) is 2.80. The Kier molecular flexibility index (Phi) is 5.01. The van der Waals surface area contributed by atoms with Crippen molar-refractivity contribution in [2.75, 3.05) is 14.1 Å². The molecule has 0 aliphatic rings. The third-order valence-corrected chi connectivity index (χ3v) is 3.04. The van der Waals surface area contributed by atoms with Gasteiger partial charge in [-0.2, -0.15) is 0 Å². The van der Waals surface area contributed by atoms with Crippen molar-refractivity contribution in [1.82, 2.24) is 15.4 Å². The van der Waals surface area contributed by atoms with Crippen LogP contribution in [0.5, 0.6) is 0 Å². The van der Waals surface area contributed by atoms with Crippen molar-refractivity contribution in [2.45, 2.75) is 13.1 Å². The third kappa shape index (κ3) is 3.99. The summed E-state index contributed by atoms with van der Waals surface area (Å²) in [5, 5.41) is 7.81. The summed E-state index contributed by atoms with van der Waals surface area (Å²) in [7, 11) is 3.72. The van der Waals surface area contributed by atoms with Gasteiger partial charge in [-0.1, -0.05) is 28.9 Å². The summed E-state index contributed by atoms with van der Waals surface area (Å²) in [5.74, 6) is 0.785. The zero-order valence-electron chi connectivity index (χ0n) is 11.5. The minimum atomic E-state index is 0.572. The highest BCUT2D eigenvalue weighted by molar-refractivity contribution is 6.30. The number of nitrogens with zero attached hydrogens (tertiary/aromatic N) is 3. The van der Waals surface area contributed by atoms with Crippen molar-refractivity contribution in [3.05, 3.63) is 52.9 Å². The molecule has 0 atom stereocenters. The molecule has 0 aliphatic carbocycles. The number of halogens is 1.